The van der Waals surface area contributed by atoms with Crippen molar-refractivity contribution in [1.82, 2.24) is 5.32 Å². The summed E-state index contributed by atoms with van der Waals surface area (Å²) < 4.78 is 70.1. The number of likely N-dealkylation sites (N-methyl/N-ethyl adjacent to an activating group) is 1. The maximum absolute atomic E-state index is 13.3. The van der Waals surface area contributed by atoms with Gasteiger partial charge in [-0.3, -0.25) is 0 Å². The number of aliphatic hydroxyl groups excluding tert-OH is 1. The number of hydrogen-bond donors (Lipinski definition) is 2. The lowest BCUT2D eigenvalue weighted by Gasteiger charge is -2.28. The molecule has 0 aliphatic rings. The van der Waals surface area contributed by atoms with Crippen LogP contribution in [0.2, 0.25) is 0 Å². The van der Waals surface area contributed by atoms with E-state index in [9.17, 15) is 27.1 Å². The maximum atomic E-state index is 13.3. The van der Waals surface area contributed by atoms with Crippen molar-refractivity contribution in [2.75, 3.05) is 19.8 Å². The molecule has 0 fully saturated rings. The van der Waals surface area contributed by atoms with Gasteiger partial charge in [-0.05, 0) is 13.5 Å². The molecule has 0 amide bonds. The normalized spacial score (nSPS) is 14.1. The molecular formula is C13H16F5NO2. The van der Waals surface area contributed by atoms with E-state index in [0.29, 0.717) is 6.54 Å². The summed E-state index contributed by atoms with van der Waals surface area (Å²) in [6.07, 6.45) is 0.108. The minimum atomic E-state index is -2.23. The molecule has 2 N–H and O–H groups in total. The second kappa shape index (κ2) is 7.04. The zero-order valence-electron chi connectivity index (χ0n) is 11.6. The predicted molar refractivity (Wildman–Crippen MR) is 65.5 cm³/mol. The van der Waals surface area contributed by atoms with Gasteiger partial charge >= 0.3 is 0 Å². The highest BCUT2D eigenvalue weighted by Gasteiger charge is 2.28. The summed E-state index contributed by atoms with van der Waals surface area (Å²) in [4.78, 5) is 0. The maximum Gasteiger partial charge on any atom is 0.206 e. The SMILES string of the molecule is CCNC(C)(CO)CCOc1c(F)c(F)c(F)c(F)c1F. The van der Waals surface area contributed by atoms with Crippen molar-refractivity contribution in [3.05, 3.63) is 29.1 Å². The number of rotatable bonds is 7. The van der Waals surface area contributed by atoms with E-state index in [-0.39, 0.29) is 19.6 Å². The topological polar surface area (TPSA) is 41.5 Å². The highest BCUT2D eigenvalue weighted by atomic mass is 19.2. The number of hydrogen-bond acceptors (Lipinski definition) is 3. The van der Waals surface area contributed by atoms with Crippen LogP contribution in [0, 0.1) is 29.1 Å². The van der Waals surface area contributed by atoms with Crippen LogP contribution in [0.15, 0.2) is 0 Å². The van der Waals surface area contributed by atoms with Gasteiger partial charge in [-0.2, -0.15) is 8.78 Å². The van der Waals surface area contributed by atoms with Gasteiger partial charge in [0.25, 0.3) is 0 Å². The van der Waals surface area contributed by atoms with Crippen molar-refractivity contribution >= 4 is 0 Å². The average Bonchev–Trinajstić information content (AvgIpc) is 2.47. The van der Waals surface area contributed by atoms with Crippen molar-refractivity contribution in [2.24, 2.45) is 0 Å². The molecule has 3 nitrogen and oxygen atoms in total. The second-order valence-electron chi connectivity index (χ2n) is 4.75. The summed E-state index contributed by atoms with van der Waals surface area (Å²) in [7, 11) is 0. The monoisotopic (exact) mass is 313 g/mol. The zero-order chi connectivity index (χ0) is 16.2. The van der Waals surface area contributed by atoms with Crippen molar-refractivity contribution < 1.29 is 31.8 Å². The molecule has 0 heterocycles. The molecule has 0 aliphatic carbocycles. The van der Waals surface area contributed by atoms with E-state index in [2.05, 4.69) is 10.1 Å². The molecule has 21 heavy (non-hydrogen) atoms. The fourth-order valence-corrected chi connectivity index (χ4v) is 1.74. The van der Waals surface area contributed by atoms with Gasteiger partial charge in [-0.1, -0.05) is 6.92 Å². The van der Waals surface area contributed by atoms with Gasteiger partial charge in [0.1, 0.15) is 0 Å². The lowest BCUT2D eigenvalue weighted by atomic mass is 10.00. The molecule has 0 bridgehead atoms. The minimum absolute atomic E-state index is 0.108. The van der Waals surface area contributed by atoms with Gasteiger partial charge in [0.15, 0.2) is 5.75 Å². The molecule has 1 aromatic carbocycles. The highest BCUT2D eigenvalue weighted by molar-refractivity contribution is 5.29. The molecule has 0 aliphatic heterocycles. The molecule has 0 aromatic heterocycles. The number of aliphatic hydroxyl groups is 1. The van der Waals surface area contributed by atoms with Crippen molar-refractivity contribution in [3.8, 4) is 5.75 Å². The smallest absolute Gasteiger partial charge is 0.206 e. The van der Waals surface area contributed by atoms with E-state index < -0.39 is 40.4 Å². The highest BCUT2D eigenvalue weighted by Crippen LogP contribution is 2.29. The molecule has 1 aromatic rings. The number of halogens is 5. The first-order valence-corrected chi connectivity index (χ1v) is 6.27. The summed E-state index contributed by atoms with van der Waals surface area (Å²) in [6, 6.07) is 0. The Morgan fingerprint density at radius 1 is 1.00 bits per heavy atom. The van der Waals surface area contributed by atoms with Gasteiger partial charge in [0, 0.05) is 12.0 Å². The van der Waals surface area contributed by atoms with Gasteiger partial charge in [-0.25, -0.2) is 13.2 Å². The van der Waals surface area contributed by atoms with Crippen LogP contribution in [0.1, 0.15) is 20.3 Å². The van der Waals surface area contributed by atoms with Crippen molar-refractivity contribution in [2.45, 2.75) is 25.8 Å². The van der Waals surface area contributed by atoms with Crippen molar-refractivity contribution in [1.29, 1.82) is 0 Å². The summed E-state index contributed by atoms with van der Waals surface area (Å²) in [5.74, 6) is -11.7. The standard InChI is InChI=1S/C13H16F5NO2/c1-3-19-13(2,6-20)4-5-21-12-10(17)8(15)7(14)9(16)11(12)18/h19-20H,3-6H2,1-2H3. The van der Waals surface area contributed by atoms with Gasteiger partial charge in [-0.15, -0.1) is 0 Å². The first-order valence-electron chi connectivity index (χ1n) is 6.27. The number of benzene rings is 1. The molecule has 1 rings (SSSR count). The van der Waals surface area contributed by atoms with E-state index in [1.165, 1.54) is 0 Å². The van der Waals surface area contributed by atoms with Crippen LogP contribution in [0.5, 0.6) is 5.75 Å². The van der Waals surface area contributed by atoms with Crippen LogP contribution < -0.4 is 10.1 Å². The second-order valence-corrected chi connectivity index (χ2v) is 4.75. The Balaban J connectivity index is 2.86. The third kappa shape index (κ3) is 3.82. The lowest BCUT2D eigenvalue weighted by molar-refractivity contribution is 0.141. The first kappa shape index (κ1) is 17.6. The van der Waals surface area contributed by atoms with E-state index in [0.717, 1.165) is 0 Å². The molecule has 120 valence electrons. The Hall–Kier alpha value is -1.41. The molecule has 0 saturated heterocycles. The van der Waals surface area contributed by atoms with Crippen LogP contribution in [0.4, 0.5) is 22.0 Å². The van der Waals surface area contributed by atoms with E-state index in [1.807, 2.05) is 0 Å². The minimum Gasteiger partial charge on any atom is -0.487 e. The summed E-state index contributed by atoms with van der Waals surface area (Å²) >= 11 is 0. The molecule has 0 radical (unpaired) electrons. The average molecular weight is 313 g/mol. The predicted octanol–water partition coefficient (Wildman–Crippen LogP) is 2.51. The fraction of sp³-hybridized carbons (Fsp3) is 0.538. The Morgan fingerprint density at radius 3 is 1.90 bits per heavy atom. The summed E-state index contributed by atoms with van der Waals surface area (Å²) in [5, 5.41) is 12.1. The van der Waals surface area contributed by atoms with E-state index in [1.54, 1.807) is 13.8 Å². The van der Waals surface area contributed by atoms with Crippen LogP contribution >= 0.6 is 0 Å². The molecule has 1 atom stereocenters. The van der Waals surface area contributed by atoms with E-state index in [4.69, 9.17) is 0 Å². The number of nitrogens with one attached hydrogen (secondary N) is 1. The quantitative estimate of drug-likeness (QED) is 0.462. The fourth-order valence-electron chi connectivity index (χ4n) is 1.74. The van der Waals surface area contributed by atoms with Crippen LogP contribution in [0.25, 0.3) is 0 Å². The van der Waals surface area contributed by atoms with Crippen LogP contribution in [-0.4, -0.2) is 30.4 Å². The molecular weight excluding hydrogens is 297 g/mol. The Bertz CT molecular complexity index is 483. The van der Waals surface area contributed by atoms with Crippen molar-refractivity contribution in [3.63, 3.8) is 0 Å². The molecule has 8 heteroatoms. The first-order chi connectivity index (χ1) is 9.77. The van der Waals surface area contributed by atoms with E-state index >= 15 is 0 Å². The summed E-state index contributed by atoms with van der Waals surface area (Å²) in [6.45, 7) is 3.35. The third-order valence-corrected chi connectivity index (χ3v) is 3.02. The number of ether oxygens (including phenoxy) is 1. The Morgan fingerprint density at radius 2 is 1.48 bits per heavy atom. The zero-order valence-corrected chi connectivity index (χ0v) is 11.6. The van der Waals surface area contributed by atoms with Gasteiger partial charge in [0.2, 0.25) is 29.1 Å². The largest absolute Gasteiger partial charge is 0.487 e. The van der Waals surface area contributed by atoms with Gasteiger partial charge < -0.3 is 15.2 Å². The summed E-state index contributed by atoms with van der Waals surface area (Å²) in [5.41, 5.74) is -0.779. The van der Waals surface area contributed by atoms with Crippen LogP contribution in [0.3, 0.4) is 0 Å². The Labute approximate surface area is 118 Å². The van der Waals surface area contributed by atoms with Gasteiger partial charge in [0.05, 0.1) is 13.2 Å². The molecule has 0 saturated carbocycles. The molecule has 0 spiro atoms. The lowest BCUT2D eigenvalue weighted by Crippen LogP contribution is -2.46. The van der Waals surface area contributed by atoms with Crippen LogP contribution in [-0.2, 0) is 0 Å². The molecule has 1 unspecified atom stereocenters. The Kier molecular flexibility index (Phi) is 5.91. The third-order valence-electron chi connectivity index (χ3n) is 3.02.